The van der Waals surface area contributed by atoms with E-state index in [1.165, 1.54) is 9.80 Å². The van der Waals surface area contributed by atoms with Crippen LogP contribution in [0.5, 0.6) is 11.5 Å². The maximum atomic E-state index is 13.4. The number of ether oxygens (including phenoxy) is 2. The Bertz CT molecular complexity index is 1160. The van der Waals surface area contributed by atoms with Crippen LogP contribution in [0.2, 0.25) is 0 Å². The van der Waals surface area contributed by atoms with E-state index >= 15 is 0 Å². The van der Waals surface area contributed by atoms with Gasteiger partial charge in [0, 0.05) is 26.2 Å². The number of nitrogens with zero attached hydrogens (tertiary/aromatic N) is 3. The van der Waals surface area contributed by atoms with Gasteiger partial charge < -0.3 is 24.4 Å². The molecule has 182 valence electrons. The van der Waals surface area contributed by atoms with Crippen LogP contribution in [0.4, 0.5) is 5.69 Å². The monoisotopic (exact) mass is 477 g/mol. The smallest absolute Gasteiger partial charge is 0.316 e. The van der Waals surface area contributed by atoms with Gasteiger partial charge in [-0.05, 0) is 41.8 Å². The minimum atomic E-state index is -0.887. The van der Waals surface area contributed by atoms with Gasteiger partial charge in [0.05, 0.1) is 25.4 Å². The number of amides is 3. The quantitative estimate of drug-likeness (QED) is 0.661. The number of para-hydroxylation sites is 2. The lowest BCUT2D eigenvalue weighted by molar-refractivity contribution is -0.146. The van der Waals surface area contributed by atoms with Crippen LogP contribution in [0.3, 0.4) is 0 Å². The maximum Gasteiger partial charge on any atom is 0.316 e. The number of benzene rings is 2. The summed E-state index contributed by atoms with van der Waals surface area (Å²) in [5.41, 5.74) is 2.52. The Morgan fingerprint density at radius 3 is 2.34 bits per heavy atom. The molecule has 1 unspecified atom stereocenters. The molecule has 3 aliphatic heterocycles. The molecule has 0 spiro atoms. The number of fused-ring (bicyclic) bond motifs is 1. The SMILES string of the molecule is O=C(C(=O)N1CC(C(=O)N2CCOCC2)Oc2ccccc21)N1CC=C(c2ccc(O)cc2)CC1. The van der Waals surface area contributed by atoms with Crippen LogP contribution in [-0.4, -0.2) is 84.7 Å². The molecule has 9 heteroatoms. The van der Waals surface area contributed by atoms with Gasteiger partial charge in [0.1, 0.15) is 11.5 Å². The van der Waals surface area contributed by atoms with E-state index in [4.69, 9.17) is 9.47 Å². The summed E-state index contributed by atoms with van der Waals surface area (Å²) in [6, 6.07) is 13.9. The number of phenols is 1. The Hall–Kier alpha value is -3.85. The molecule has 0 bridgehead atoms. The third-order valence-electron chi connectivity index (χ3n) is 6.53. The molecule has 9 nitrogen and oxygen atoms in total. The van der Waals surface area contributed by atoms with Crippen molar-refractivity contribution in [3.8, 4) is 11.5 Å². The fraction of sp³-hybridized carbons (Fsp3) is 0.346. The van der Waals surface area contributed by atoms with E-state index in [0.29, 0.717) is 57.3 Å². The van der Waals surface area contributed by atoms with Crippen molar-refractivity contribution in [3.63, 3.8) is 0 Å². The van der Waals surface area contributed by atoms with Crippen molar-refractivity contribution in [2.24, 2.45) is 0 Å². The second kappa shape index (κ2) is 9.79. The summed E-state index contributed by atoms with van der Waals surface area (Å²) in [5, 5.41) is 9.50. The minimum absolute atomic E-state index is 0.0276. The lowest BCUT2D eigenvalue weighted by Gasteiger charge is -2.37. The van der Waals surface area contributed by atoms with Gasteiger partial charge in [-0.25, -0.2) is 0 Å². The second-order valence-electron chi connectivity index (χ2n) is 8.71. The average Bonchev–Trinajstić information content (AvgIpc) is 2.92. The summed E-state index contributed by atoms with van der Waals surface area (Å²) >= 11 is 0. The highest BCUT2D eigenvalue weighted by atomic mass is 16.5. The average molecular weight is 478 g/mol. The van der Waals surface area contributed by atoms with Gasteiger partial charge in [-0.2, -0.15) is 0 Å². The standard InChI is InChI=1S/C26H27N3O6/c30-20-7-5-18(6-8-20)19-9-11-27(12-10-19)25(32)26(33)29-17-23(24(31)28-13-15-34-16-14-28)35-22-4-2-1-3-21(22)29/h1-9,23,30H,10-17H2. The zero-order chi connectivity index (χ0) is 24.4. The fourth-order valence-corrected chi connectivity index (χ4v) is 4.58. The van der Waals surface area contributed by atoms with Crippen molar-refractivity contribution in [1.29, 1.82) is 0 Å². The van der Waals surface area contributed by atoms with Gasteiger partial charge in [0.15, 0.2) is 6.10 Å². The Morgan fingerprint density at radius 1 is 0.886 bits per heavy atom. The van der Waals surface area contributed by atoms with Crippen LogP contribution in [0.15, 0.2) is 54.6 Å². The summed E-state index contributed by atoms with van der Waals surface area (Å²) in [4.78, 5) is 44.2. The van der Waals surface area contributed by atoms with E-state index in [1.807, 2.05) is 18.2 Å². The van der Waals surface area contributed by atoms with Gasteiger partial charge >= 0.3 is 11.8 Å². The molecule has 0 saturated carbocycles. The molecule has 1 fully saturated rings. The minimum Gasteiger partial charge on any atom is -0.508 e. The number of rotatable bonds is 2. The van der Waals surface area contributed by atoms with E-state index in [-0.39, 0.29) is 18.2 Å². The molecule has 2 aromatic rings. The Kier molecular flexibility index (Phi) is 6.41. The number of hydrogen-bond donors (Lipinski definition) is 1. The predicted molar refractivity (Wildman–Crippen MR) is 128 cm³/mol. The first kappa shape index (κ1) is 22.9. The van der Waals surface area contributed by atoms with E-state index in [2.05, 4.69) is 0 Å². The zero-order valence-electron chi connectivity index (χ0n) is 19.3. The molecule has 1 atom stereocenters. The molecule has 3 aliphatic rings. The number of carbonyl (C=O) groups is 3. The Morgan fingerprint density at radius 2 is 1.63 bits per heavy atom. The predicted octanol–water partition coefficient (Wildman–Crippen LogP) is 1.66. The number of hydrogen-bond acceptors (Lipinski definition) is 6. The lowest BCUT2D eigenvalue weighted by atomic mass is 9.99. The van der Waals surface area contributed by atoms with Gasteiger partial charge in [0.2, 0.25) is 0 Å². The first-order chi connectivity index (χ1) is 17.0. The largest absolute Gasteiger partial charge is 0.508 e. The highest BCUT2D eigenvalue weighted by Gasteiger charge is 2.39. The van der Waals surface area contributed by atoms with Crippen LogP contribution in [0, 0.1) is 0 Å². The lowest BCUT2D eigenvalue weighted by Crippen LogP contribution is -2.56. The number of phenolic OH excluding ortho intramolecular Hbond substituents is 1. The summed E-state index contributed by atoms with van der Waals surface area (Å²) in [5.74, 6) is -0.904. The molecular weight excluding hydrogens is 450 g/mol. The molecule has 0 aliphatic carbocycles. The Balaban J connectivity index is 1.31. The zero-order valence-corrected chi connectivity index (χ0v) is 19.3. The topological polar surface area (TPSA) is 99.6 Å². The molecule has 5 rings (SSSR count). The first-order valence-electron chi connectivity index (χ1n) is 11.7. The number of carbonyl (C=O) groups excluding carboxylic acids is 3. The summed E-state index contributed by atoms with van der Waals surface area (Å²) < 4.78 is 11.3. The van der Waals surface area contributed by atoms with Gasteiger partial charge in [-0.15, -0.1) is 0 Å². The second-order valence-corrected chi connectivity index (χ2v) is 8.71. The fourth-order valence-electron chi connectivity index (χ4n) is 4.58. The van der Waals surface area contributed by atoms with Crippen molar-refractivity contribution in [1.82, 2.24) is 9.80 Å². The molecule has 0 aromatic heterocycles. The Labute approximate surface area is 203 Å². The molecule has 3 amide bonds. The number of aromatic hydroxyl groups is 1. The summed E-state index contributed by atoms with van der Waals surface area (Å²) in [7, 11) is 0. The number of morpholine rings is 1. The first-order valence-corrected chi connectivity index (χ1v) is 11.7. The van der Waals surface area contributed by atoms with Crippen LogP contribution in [0.25, 0.3) is 5.57 Å². The number of anilines is 1. The van der Waals surface area contributed by atoms with Crippen molar-refractivity contribution in [3.05, 3.63) is 60.2 Å². The van der Waals surface area contributed by atoms with Gasteiger partial charge in [-0.1, -0.05) is 30.3 Å². The van der Waals surface area contributed by atoms with Crippen LogP contribution in [-0.2, 0) is 19.1 Å². The van der Waals surface area contributed by atoms with Gasteiger partial charge in [0.25, 0.3) is 5.91 Å². The molecule has 1 saturated heterocycles. The van der Waals surface area contributed by atoms with Crippen molar-refractivity contribution >= 4 is 29.0 Å². The maximum absolute atomic E-state index is 13.4. The van der Waals surface area contributed by atoms with Crippen LogP contribution in [0.1, 0.15) is 12.0 Å². The highest BCUT2D eigenvalue weighted by Crippen LogP contribution is 2.34. The van der Waals surface area contributed by atoms with Crippen LogP contribution >= 0.6 is 0 Å². The van der Waals surface area contributed by atoms with Crippen molar-refractivity contribution < 1.29 is 29.0 Å². The van der Waals surface area contributed by atoms with Crippen molar-refractivity contribution in [2.45, 2.75) is 12.5 Å². The van der Waals surface area contributed by atoms with Crippen LogP contribution < -0.4 is 9.64 Å². The molecule has 2 aromatic carbocycles. The van der Waals surface area contributed by atoms with Gasteiger partial charge in [-0.3, -0.25) is 19.3 Å². The summed E-state index contributed by atoms with van der Waals surface area (Å²) in [6.45, 7) is 2.55. The molecule has 1 N–H and O–H groups in total. The van der Waals surface area contributed by atoms with E-state index in [9.17, 15) is 19.5 Å². The third kappa shape index (κ3) is 4.72. The molecule has 3 heterocycles. The van der Waals surface area contributed by atoms with Crippen molar-refractivity contribution in [2.75, 3.05) is 50.8 Å². The third-order valence-corrected chi connectivity index (χ3v) is 6.53. The molecule has 35 heavy (non-hydrogen) atoms. The summed E-state index contributed by atoms with van der Waals surface area (Å²) in [6.07, 6.45) is 1.64. The highest BCUT2D eigenvalue weighted by molar-refractivity contribution is 6.40. The van der Waals surface area contributed by atoms with E-state index in [0.717, 1.165) is 11.1 Å². The van der Waals surface area contributed by atoms with E-state index in [1.54, 1.807) is 41.3 Å². The van der Waals surface area contributed by atoms with E-state index < -0.39 is 17.9 Å². The molecule has 0 radical (unpaired) electrons. The normalized spacial score (nSPS) is 19.9. The molecular formula is C26H27N3O6.